The standard InChI is InChI=1S/C19H21NO2/c1-12(2)18(21)11-20-19(22)14-7-8-17-15(10-14)9-13-5-3-4-6-16(13)17/h3-8,10,12,18,21H,9,11H2,1-2H3,(H,20,22). The number of rotatable bonds is 4. The molecule has 0 saturated carbocycles. The molecule has 0 bridgehead atoms. The van der Waals surface area contributed by atoms with E-state index in [2.05, 4.69) is 17.4 Å². The molecule has 2 aromatic rings. The van der Waals surface area contributed by atoms with Crippen LogP contribution in [0, 0.1) is 5.92 Å². The Kier molecular flexibility index (Phi) is 3.99. The summed E-state index contributed by atoms with van der Waals surface area (Å²) >= 11 is 0. The summed E-state index contributed by atoms with van der Waals surface area (Å²) in [5, 5.41) is 12.6. The molecule has 3 heteroatoms. The Hall–Kier alpha value is -2.13. The molecule has 22 heavy (non-hydrogen) atoms. The van der Waals surface area contributed by atoms with Gasteiger partial charge in [0.15, 0.2) is 0 Å². The average molecular weight is 295 g/mol. The molecule has 0 aromatic heterocycles. The van der Waals surface area contributed by atoms with E-state index in [1.807, 2.05) is 44.2 Å². The number of hydrogen-bond acceptors (Lipinski definition) is 2. The zero-order chi connectivity index (χ0) is 15.7. The van der Waals surface area contributed by atoms with Gasteiger partial charge in [-0.3, -0.25) is 4.79 Å². The van der Waals surface area contributed by atoms with Gasteiger partial charge in [0.05, 0.1) is 6.10 Å². The second-order valence-corrected chi connectivity index (χ2v) is 6.23. The molecule has 1 aliphatic carbocycles. The van der Waals surface area contributed by atoms with Crippen LogP contribution < -0.4 is 5.32 Å². The van der Waals surface area contributed by atoms with E-state index in [9.17, 15) is 9.90 Å². The Morgan fingerprint density at radius 2 is 1.86 bits per heavy atom. The fourth-order valence-corrected chi connectivity index (χ4v) is 2.82. The van der Waals surface area contributed by atoms with Gasteiger partial charge >= 0.3 is 0 Å². The van der Waals surface area contributed by atoms with Crippen LogP contribution in [0.5, 0.6) is 0 Å². The number of carbonyl (C=O) groups excluding carboxylic acids is 1. The predicted octanol–water partition coefficient (Wildman–Crippen LogP) is 3.00. The lowest BCUT2D eigenvalue weighted by Crippen LogP contribution is -2.34. The van der Waals surface area contributed by atoms with Crippen molar-refractivity contribution in [3.63, 3.8) is 0 Å². The lowest BCUT2D eigenvalue weighted by atomic mass is 10.0. The van der Waals surface area contributed by atoms with E-state index in [0.717, 1.165) is 6.42 Å². The number of nitrogens with one attached hydrogen (secondary N) is 1. The lowest BCUT2D eigenvalue weighted by Gasteiger charge is -2.15. The quantitative estimate of drug-likeness (QED) is 0.777. The smallest absolute Gasteiger partial charge is 0.251 e. The summed E-state index contributed by atoms with van der Waals surface area (Å²) in [5.41, 5.74) is 5.64. The topological polar surface area (TPSA) is 49.3 Å². The molecule has 1 amide bonds. The van der Waals surface area contributed by atoms with Crippen LogP contribution in [0.3, 0.4) is 0 Å². The maximum Gasteiger partial charge on any atom is 0.251 e. The SMILES string of the molecule is CC(C)C(O)CNC(=O)c1ccc2c(c1)Cc1ccccc1-2. The van der Waals surface area contributed by atoms with E-state index in [-0.39, 0.29) is 18.4 Å². The number of benzene rings is 2. The van der Waals surface area contributed by atoms with Crippen LogP contribution in [-0.2, 0) is 6.42 Å². The molecular formula is C19H21NO2. The molecule has 114 valence electrons. The van der Waals surface area contributed by atoms with Crippen LogP contribution in [0.2, 0.25) is 0 Å². The van der Waals surface area contributed by atoms with Gasteiger partial charge in [0.1, 0.15) is 0 Å². The van der Waals surface area contributed by atoms with Crippen molar-refractivity contribution >= 4 is 5.91 Å². The highest BCUT2D eigenvalue weighted by atomic mass is 16.3. The molecule has 1 unspecified atom stereocenters. The summed E-state index contributed by atoms with van der Waals surface area (Å²) in [6, 6.07) is 14.2. The number of aliphatic hydroxyl groups excluding tert-OH is 1. The first-order valence-electron chi connectivity index (χ1n) is 7.73. The minimum atomic E-state index is -0.511. The molecule has 2 N–H and O–H groups in total. The van der Waals surface area contributed by atoms with Crippen molar-refractivity contribution in [2.24, 2.45) is 5.92 Å². The van der Waals surface area contributed by atoms with Gasteiger partial charge in [-0.15, -0.1) is 0 Å². The van der Waals surface area contributed by atoms with Crippen LogP contribution in [-0.4, -0.2) is 23.7 Å². The molecule has 3 rings (SSSR count). The highest BCUT2D eigenvalue weighted by Crippen LogP contribution is 2.36. The average Bonchev–Trinajstić information content (AvgIpc) is 2.89. The van der Waals surface area contributed by atoms with Crippen molar-refractivity contribution in [1.82, 2.24) is 5.32 Å². The van der Waals surface area contributed by atoms with Crippen molar-refractivity contribution in [3.8, 4) is 11.1 Å². The Bertz CT molecular complexity index is 706. The van der Waals surface area contributed by atoms with Crippen LogP contribution in [0.15, 0.2) is 42.5 Å². The summed E-state index contributed by atoms with van der Waals surface area (Å²) in [6.07, 6.45) is 0.365. The number of carbonyl (C=O) groups is 1. The molecule has 1 atom stereocenters. The van der Waals surface area contributed by atoms with Crippen molar-refractivity contribution in [2.75, 3.05) is 6.54 Å². The van der Waals surface area contributed by atoms with E-state index in [1.54, 1.807) is 0 Å². The first kappa shape index (κ1) is 14.8. The molecule has 0 heterocycles. The van der Waals surface area contributed by atoms with Gasteiger partial charge in [-0.05, 0) is 46.7 Å². The monoisotopic (exact) mass is 295 g/mol. The van der Waals surface area contributed by atoms with Crippen molar-refractivity contribution in [1.29, 1.82) is 0 Å². The van der Waals surface area contributed by atoms with E-state index in [1.165, 1.54) is 22.3 Å². The molecule has 0 radical (unpaired) electrons. The third kappa shape index (κ3) is 2.77. The van der Waals surface area contributed by atoms with Gasteiger partial charge < -0.3 is 10.4 Å². The zero-order valence-electron chi connectivity index (χ0n) is 13.0. The van der Waals surface area contributed by atoms with Gasteiger partial charge in [-0.25, -0.2) is 0 Å². The lowest BCUT2D eigenvalue weighted by molar-refractivity contribution is 0.0871. The summed E-state index contributed by atoms with van der Waals surface area (Å²) in [4.78, 5) is 12.2. The molecule has 2 aromatic carbocycles. The fraction of sp³-hybridized carbons (Fsp3) is 0.316. The Balaban J connectivity index is 1.75. The van der Waals surface area contributed by atoms with Crippen molar-refractivity contribution in [2.45, 2.75) is 26.4 Å². The maximum absolute atomic E-state index is 12.2. The Labute approximate surface area is 131 Å². The molecule has 1 aliphatic rings. The van der Waals surface area contributed by atoms with Crippen LogP contribution >= 0.6 is 0 Å². The fourth-order valence-electron chi connectivity index (χ4n) is 2.82. The number of hydrogen-bond donors (Lipinski definition) is 2. The molecule has 0 spiro atoms. The van der Waals surface area contributed by atoms with Gasteiger partial charge in [-0.1, -0.05) is 44.2 Å². The molecule has 0 saturated heterocycles. The second kappa shape index (κ2) is 5.93. The maximum atomic E-state index is 12.2. The summed E-state index contributed by atoms with van der Waals surface area (Å²) < 4.78 is 0. The summed E-state index contributed by atoms with van der Waals surface area (Å²) in [6.45, 7) is 4.15. The molecule has 0 fully saturated rings. The van der Waals surface area contributed by atoms with Gasteiger partial charge in [0, 0.05) is 12.1 Å². The molecular weight excluding hydrogens is 274 g/mol. The third-order valence-electron chi connectivity index (χ3n) is 4.30. The number of fused-ring (bicyclic) bond motifs is 3. The minimum Gasteiger partial charge on any atom is -0.391 e. The van der Waals surface area contributed by atoms with Gasteiger partial charge in [0.2, 0.25) is 0 Å². The Morgan fingerprint density at radius 3 is 2.64 bits per heavy atom. The molecule has 3 nitrogen and oxygen atoms in total. The zero-order valence-corrected chi connectivity index (χ0v) is 13.0. The van der Waals surface area contributed by atoms with E-state index in [0.29, 0.717) is 5.56 Å². The van der Waals surface area contributed by atoms with Gasteiger partial charge in [-0.2, -0.15) is 0 Å². The molecule has 0 aliphatic heterocycles. The minimum absolute atomic E-state index is 0.126. The van der Waals surface area contributed by atoms with E-state index < -0.39 is 6.10 Å². The number of aliphatic hydroxyl groups is 1. The third-order valence-corrected chi connectivity index (χ3v) is 4.30. The first-order valence-corrected chi connectivity index (χ1v) is 7.73. The van der Waals surface area contributed by atoms with E-state index >= 15 is 0 Å². The van der Waals surface area contributed by atoms with Crippen molar-refractivity contribution < 1.29 is 9.90 Å². The van der Waals surface area contributed by atoms with Gasteiger partial charge in [0.25, 0.3) is 5.91 Å². The predicted molar refractivity (Wildman–Crippen MR) is 87.9 cm³/mol. The first-order chi connectivity index (χ1) is 10.6. The normalized spacial score (nSPS) is 13.6. The summed E-state index contributed by atoms with van der Waals surface area (Å²) in [7, 11) is 0. The summed E-state index contributed by atoms with van der Waals surface area (Å²) in [5.74, 6) is 0.00766. The highest BCUT2D eigenvalue weighted by molar-refractivity contribution is 5.95. The van der Waals surface area contributed by atoms with Crippen LogP contribution in [0.1, 0.15) is 35.3 Å². The Morgan fingerprint density at radius 1 is 1.14 bits per heavy atom. The van der Waals surface area contributed by atoms with Crippen LogP contribution in [0.4, 0.5) is 0 Å². The largest absolute Gasteiger partial charge is 0.391 e. The highest BCUT2D eigenvalue weighted by Gasteiger charge is 2.19. The number of amides is 1. The second-order valence-electron chi connectivity index (χ2n) is 6.23. The van der Waals surface area contributed by atoms with Crippen LogP contribution in [0.25, 0.3) is 11.1 Å². The van der Waals surface area contributed by atoms with E-state index in [4.69, 9.17) is 0 Å². The van der Waals surface area contributed by atoms with Crippen molar-refractivity contribution in [3.05, 3.63) is 59.2 Å².